The molecule has 0 aromatic heterocycles. The molecule has 1 aliphatic heterocycles. The van der Waals surface area contributed by atoms with E-state index in [1.54, 1.807) is 11.8 Å². The summed E-state index contributed by atoms with van der Waals surface area (Å²) in [6, 6.07) is 4.61. The number of carbonyl (C=O) groups excluding carboxylic acids is 2. The third kappa shape index (κ3) is 4.27. The molecule has 0 aliphatic carbocycles. The zero-order valence-electron chi connectivity index (χ0n) is 13.7. The molecule has 1 aromatic carbocycles. The summed E-state index contributed by atoms with van der Waals surface area (Å²) in [5, 5.41) is 2.58. The number of hydrogen-bond donors (Lipinski definition) is 1. The summed E-state index contributed by atoms with van der Waals surface area (Å²) in [7, 11) is 0. The molecule has 1 fully saturated rings. The first-order valence-electron chi connectivity index (χ1n) is 7.95. The van der Waals surface area contributed by atoms with Crippen molar-refractivity contribution in [3.63, 3.8) is 0 Å². The molecule has 1 N–H and O–H groups in total. The second-order valence-electron chi connectivity index (χ2n) is 6.15. The first kappa shape index (κ1) is 18.3. The summed E-state index contributed by atoms with van der Waals surface area (Å²) in [6.45, 7) is 4.70. The molecule has 0 radical (unpaired) electrons. The van der Waals surface area contributed by atoms with Crippen LogP contribution in [0.5, 0.6) is 0 Å². The molecule has 1 heterocycles. The molecule has 4 nitrogen and oxygen atoms in total. The van der Waals surface area contributed by atoms with Crippen molar-refractivity contribution < 1.29 is 22.8 Å². The van der Waals surface area contributed by atoms with Crippen LogP contribution < -0.4 is 5.32 Å². The first-order chi connectivity index (χ1) is 11.2. The highest BCUT2D eigenvalue weighted by Gasteiger charge is 2.35. The van der Waals surface area contributed by atoms with Gasteiger partial charge >= 0.3 is 6.18 Å². The lowest BCUT2D eigenvalue weighted by Gasteiger charge is -2.25. The van der Waals surface area contributed by atoms with Gasteiger partial charge in [0.15, 0.2) is 0 Å². The smallest absolute Gasteiger partial charge is 0.356 e. The lowest BCUT2D eigenvalue weighted by molar-refractivity contribution is -0.138. The number of amides is 2. The summed E-state index contributed by atoms with van der Waals surface area (Å²) in [6.07, 6.45) is -3.94. The zero-order chi connectivity index (χ0) is 17.9. The Morgan fingerprint density at radius 2 is 1.88 bits per heavy atom. The van der Waals surface area contributed by atoms with Gasteiger partial charge in [0.2, 0.25) is 11.8 Å². The van der Waals surface area contributed by atoms with Crippen LogP contribution in [-0.4, -0.2) is 29.8 Å². The van der Waals surface area contributed by atoms with Crippen LogP contribution in [0.4, 0.5) is 13.2 Å². The van der Waals surface area contributed by atoms with Crippen LogP contribution in [0.3, 0.4) is 0 Å². The van der Waals surface area contributed by atoms with E-state index in [2.05, 4.69) is 5.32 Å². The summed E-state index contributed by atoms with van der Waals surface area (Å²) < 4.78 is 38.0. The highest BCUT2D eigenvalue weighted by atomic mass is 19.4. The van der Waals surface area contributed by atoms with Crippen LogP contribution in [0.15, 0.2) is 24.3 Å². The van der Waals surface area contributed by atoms with Gasteiger partial charge in [0.25, 0.3) is 0 Å². The number of alkyl halides is 3. The van der Waals surface area contributed by atoms with Crippen LogP contribution in [0.2, 0.25) is 0 Å². The van der Waals surface area contributed by atoms with Gasteiger partial charge in [0.05, 0.1) is 11.6 Å². The van der Waals surface area contributed by atoms with Crippen molar-refractivity contribution in [2.24, 2.45) is 5.92 Å². The minimum absolute atomic E-state index is 0.232. The van der Waals surface area contributed by atoms with Crippen molar-refractivity contribution in [1.82, 2.24) is 10.2 Å². The fourth-order valence-electron chi connectivity index (χ4n) is 3.03. The van der Waals surface area contributed by atoms with E-state index in [9.17, 15) is 22.8 Å². The van der Waals surface area contributed by atoms with Crippen LogP contribution in [0.1, 0.15) is 43.9 Å². The van der Waals surface area contributed by atoms with Crippen LogP contribution in [-0.2, 0) is 15.8 Å². The summed E-state index contributed by atoms with van der Waals surface area (Å²) >= 11 is 0. The number of nitrogens with one attached hydrogen (secondary N) is 1. The van der Waals surface area contributed by atoms with Gasteiger partial charge < -0.3 is 10.2 Å². The first-order valence-corrected chi connectivity index (χ1v) is 7.95. The van der Waals surface area contributed by atoms with Gasteiger partial charge in [-0.25, -0.2) is 0 Å². The largest absolute Gasteiger partial charge is 0.416 e. The van der Waals surface area contributed by atoms with Gasteiger partial charge in [-0.2, -0.15) is 13.2 Å². The number of rotatable bonds is 4. The van der Waals surface area contributed by atoms with E-state index < -0.39 is 11.7 Å². The summed E-state index contributed by atoms with van der Waals surface area (Å²) in [5.41, 5.74) is -0.0471. The Labute approximate surface area is 139 Å². The van der Waals surface area contributed by atoms with Crippen molar-refractivity contribution in [2.75, 3.05) is 13.1 Å². The van der Waals surface area contributed by atoms with E-state index >= 15 is 0 Å². The van der Waals surface area contributed by atoms with Crippen molar-refractivity contribution in [2.45, 2.75) is 38.9 Å². The molecule has 2 amide bonds. The summed E-state index contributed by atoms with van der Waals surface area (Å²) in [4.78, 5) is 25.6. The molecule has 0 saturated carbocycles. The Bertz CT molecular complexity index is 599. The van der Waals surface area contributed by atoms with Gasteiger partial charge in [-0.1, -0.05) is 19.1 Å². The predicted octanol–water partition coefficient (Wildman–Crippen LogP) is 3.14. The molecule has 7 heteroatoms. The Kier molecular flexibility index (Phi) is 5.51. The Balaban J connectivity index is 2.15. The van der Waals surface area contributed by atoms with Crippen molar-refractivity contribution >= 4 is 11.8 Å². The average molecular weight is 342 g/mol. The van der Waals surface area contributed by atoms with Gasteiger partial charge in [0.1, 0.15) is 6.42 Å². The van der Waals surface area contributed by atoms with E-state index in [1.165, 1.54) is 12.1 Å². The van der Waals surface area contributed by atoms with E-state index in [4.69, 9.17) is 0 Å². The molecule has 2 atom stereocenters. The Morgan fingerprint density at radius 1 is 1.25 bits per heavy atom. The maximum Gasteiger partial charge on any atom is 0.416 e. The maximum absolute atomic E-state index is 12.7. The number of carbonyl (C=O) groups is 2. The fraction of sp³-hybridized carbons (Fsp3) is 0.529. The number of hydrogen-bond acceptors (Lipinski definition) is 2. The molecule has 2 rings (SSSR count). The lowest BCUT2D eigenvalue weighted by atomic mass is 9.99. The topological polar surface area (TPSA) is 49.4 Å². The molecule has 1 aliphatic rings. The molecule has 24 heavy (non-hydrogen) atoms. The third-order valence-corrected chi connectivity index (χ3v) is 4.14. The average Bonchev–Trinajstić information content (AvgIpc) is 2.89. The van der Waals surface area contributed by atoms with Gasteiger partial charge in [-0.05, 0) is 37.0 Å². The van der Waals surface area contributed by atoms with Gasteiger partial charge in [-0.3, -0.25) is 9.59 Å². The normalized spacial score (nSPS) is 21.0. The molecule has 0 bridgehead atoms. The number of benzene rings is 1. The van der Waals surface area contributed by atoms with E-state index in [1.807, 2.05) is 6.92 Å². The Morgan fingerprint density at radius 3 is 2.42 bits per heavy atom. The van der Waals surface area contributed by atoms with Crippen LogP contribution in [0, 0.1) is 5.92 Å². The SMILES string of the molecule is CCNC(=O)CC(=O)N1C[C@@H](C)C[C@@H]1c1ccc(C(F)(F)F)cc1. The zero-order valence-corrected chi connectivity index (χ0v) is 13.7. The molecule has 1 aromatic rings. The number of likely N-dealkylation sites (tertiary alicyclic amines) is 1. The van der Waals surface area contributed by atoms with Crippen molar-refractivity contribution in [3.05, 3.63) is 35.4 Å². The van der Waals surface area contributed by atoms with E-state index in [-0.39, 0.29) is 30.2 Å². The van der Waals surface area contributed by atoms with Gasteiger partial charge in [0, 0.05) is 13.1 Å². The minimum atomic E-state index is -4.38. The van der Waals surface area contributed by atoms with Crippen molar-refractivity contribution in [3.8, 4) is 0 Å². The van der Waals surface area contributed by atoms with E-state index in [0.717, 1.165) is 12.1 Å². The van der Waals surface area contributed by atoms with Crippen molar-refractivity contribution in [1.29, 1.82) is 0 Å². The molecule has 0 spiro atoms. The van der Waals surface area contributed by atoms with E-state index in [0.29, 0.717) is 25.1 Å². The molecule has 132 valence electrons. The second-order valence-corrected chi connectivity index (χ2v) is 6.15. The fourth-order valence-corrected chi connectivity index (χ4v) is 3.03. The minimum Gasteiger partial charge on any atom is -0.356 e. The third-order valence-electron chi connectivity index (χ3n) is 4.14. The number of halogens is 3. The van der Waals surface area contributed by atoms with Crippen LogP contribution in [0.25, 0.3) is 0 Å². The lowest BCUT2D eigenvalue weighted by Crippen LogP contribution is -2.35. The predicted molar refractivity (Wildman–Crippen MR) is 83.0 cm³/mol. The van der Waals surface area contributed by atoms with Gasteiger partial charge in [-0.15, -0.1) is 0 Å². The van der Waals surface area contributed by atoms with Crippen LogP contribution >= 0.6 is 0 Å². The molecular formula is C17H21F3N2O2. The molecular weight excluding hydrogens is 321 g/mol. The molecule has 1 saturated heterocycles. The Hall–Kier alpha value is -2.05. The monoisotopic (exact) mass is 342 g/mol. The quantitative estimate of drug-likeness (QED) is 0.855. The standard InChI is InChI=1S/C17H21F3N2O2/c1-3-21-15(23)9-16(24)22-10-11(2)8-14(22)12-4-6-13(7-5-12)17(18,19)20/h4-7,11,14H,3,8-10H2,1-2H3,(H,21,23)/t11-,14+/m0/s1. The summed E-state index contributed by atoms with van der Waals surface area (Å²) in [5.74, 6) is -0.404. The molecule has 0 unspecified atom stereocenters. The number of nitrogens with zero attached hydrogens (tertiary/aromatic N) is 1. The highest BCUT2D eigenvalue weighted by Crippen LogP contribution is 2.37. The maximum atomic E-state index is 12.7. The second kappa shape index (κ2) is 7.23. The highest BCUT2D eigenvalue weighted by molar-refractivity contribution is 5.97.